The third kappa shape index (κ3) is 7.14. The Balaban J connectivity index is 0.000000454. The fourth-order valence-corrected chi connectivity index (χ4v) is 3.90. The number of halogens is 3. The molecular weight excluding hydrogens is 483 g/mol. The summed E-state index contributed by atoms with van der Waals surface area (Å²) in [6, 6.07) is 5.94. The maximum Gasteiger partial charge on any atom is 0.490 e. The van der Waals surface area contributed by atoms with E-state index in [4.69, 9.17) is 28.8 Å². The molecule has 1 fully saturated rings. The Kier molecular flexibility index (Phi) is 9.59. The van der Waals surface area contributed by atoms with Gasteiger partial charge in [-0.15, -0.1) is 0 Å². The number of ether oxygens (including phenoxy) is 4. The molecule has 0 amide bonds. The second-order valence-corrected chi connectivity index (χ2v) is 8.11. The Labute approximate surface area is 206 Å². The van der Waals surface area contributed by atoms with Crippen molar-refractivity contribution in [3.05, 3.63) is 24.4 Å². The maximum atomic E-state index is 10.6. The predicted molar refractivity (Wildman–Crippen MR) is 127 cm³/mol. The van der Waals surface area contributed by atoms with Gasteiger partial charge in [0.15, 0.2) is 11.5 Å². The minimum absolute atomic E-state index is 0.449. The SMILES string of the molecule is COCCOc1nccc2[nH]c3cc(OCCCN4CCCC4)c(OC)cc3c12.O=C(O)C(F)(F)F. The summed E-state index contributed by atoms with van der Waals surface area (Å²) in [5, 5.41) is 9.07. The topological polar surface area (TPSA) is 106 Å². The van der Waals surface area contributed by atoms with Gasteiger partial charge in [0.1, 0.15) is 6.61 Å². The Morgan fingerprint density at radius 3 is 2.44 bits per heavy atom. The Hall–Kier alpha value is -3.25. The minimum atomic E-state index is -5.08. The van der Waals surface area contributed by atoms with Crippen molar-refractivity contribution in [2.45, 2.75) is 25.4 Å². The number of benzene rings is 1. The molecule has 1 aliphatic heterocycles. The summed E-state index contributed by atoms with van der Waals surface area (Å²) in [4.78, 5) is 19.2. The number of pyridine rings is 1. The molecule has 12 heteroatoms. The summed E-state index contributed by atoms with van der Waals surface area (Å²) in [5.41, 5.74) is 1.94. The molecule has 0 saturated carbocycles. The van der Waals surface area contributed by atoms with Gasteiger partial charge in [-0.2, -0.15) is 13.2 Å². The van der Waals surface area contributed by atoms with Gasteiger partial charge in [-0.1, -0.05) is 0 Å². The van der Waals surface area contributed by atoms with Crippen LogP contribution in [0.3, 0.4) is 0 Å². The van der Waals surface area contributed by atoms with Crippen LogP contribution in [0, 0.1) is 0 Å². The van der Waals surface area contributed by atoms with Gasteiger partial charge >= 0.3 is 12.1 Å². The van der Waals surface area contributed by atoms with E-state index in [1.165, 1.54) is 25.9 Å². The molecule has 36 heavy (non-hydrogen) atoms. The zero-order chi connectivity index (χ0) is 26.1. The van der Waals surface area contributed by atoms with Crippen LogP contribution in [0.2, 0.25) is 0 Å². The summed E-state index contributed by atoms with van der Waals surface area (Å²) in [5.74, 6) is -0.700. The van der Waals surface area contributed by atoms with Crippen LogP contribution >= 0.6 is 0 Å². The van der Waals surface area contributed by atoms with Crippen molar-refractivity contribution in [3.8, 4) is 17.4 Å². The molecule has 0 spiro atoms. The Morgan fingerprint density at radius 2 is 1.81 bits per heavy atom. The molecule has 3 heterocycles. The number of carboxylic acid groups (broad SMARTS) is 1. The van der Waals surface area contributed by atoms with Crippen LogP contribution in [0.5, 0.6) is 17.4 Å². The molecule has 0 radical (unpaired) electrons. The number of hydrogen-bond donors (Lipinski definition) is 2. The van der Waals surface area contributed by atoms with E-state index in [0.717, 1.165) is 40.5 Å². The lowest BCUT2D eigenvalue weighted by atomic mass is 10.1. The molecular formula is C24H30F3N3O6. The lowest BCUT2D eigenvalue weighted by Crippen LogP contribution is -2.21. The number of likely N-dealkylation sites (tertiary alicyclic amines) is 1. The van der Waals surface area contributed by atoms with E-state index in [9.17, 15) is 13.2 Å². The van der Waals surface area contributed by atoms with E-state index in [2.05, 4.69) is 14.9 Å². The summed E-state index contributed by atoms with van der Waals surface area (Å²) in [6.07, 6.45) is 0.303. The summed E-state index contributed by atoms with van der Waals surface area (Å²) in [7, 11) is 3.32. The third-order valence-electron chi connectivity index (χ3n) is 5.60. The van der Waals surface area contributed by atoms with E-state index in [0.29, 0.717) is 31.5 Å². The third-order valence-corrected chi connectivity index (χ3v) is 5.60. The number of rotatable bonds is 10. The molecule has 1 aliphatic rings. The number of aromatic nitrogens is 2. The average Bonchev–Trinajstić information content (AvgIpc) is 3.49. The number of carboxylic acids is 1. The van der Waals surface area contributed by atoms with E-state index >= 15 is 0 Å². The van der Waals surface area contributed by atoms with Gasteiger partial charge < -0.3 is 33.9 Å². The maximum absolute atomic E-state index is 10.6. The molecule has 0 aliphatic carbocycles. The fourth-order valence-electron chi connectivity index (χ4n) is 3.90. The Bertz CT molecular complexity index is 1150. The molecule has 9 nitrogen and oxygen atoms in total. The second kappa shape index (κ2) is 12.6. The van der Waals surface area contributed by atoms with Gasteiger partial charge in [0.05, 0.1) is 36.7 Å². The van der Waals surface area contributed by atoms with E-state index in [1.807, 2.05) is 18.2 Å². The first-order valence-electron chi connectivity index (χ1n) is 11.5. The number of aliphatic carboxylic acids is 1. The zero-order valence-electron chi connectivity index (χ0n) is 20.2. The smallest absolute Gasteiger partial charge is 0.490 e. The van der Waals surface area contributed by atoms with Gasteiger partial charge in [0.2, 0.25) is 5.88 Å². The first-order chi connectivity index (χ1) is 17.2. The minimum Gasteiger partial charge on any atom is -0.493 e. The van der Waals surface area contributed by atoms with Crippen molar-refractivity contribution in [1.29, 1.82) is 0 Å². The summed E-state index contributed by atoms with van der Waals surface area (Å²) >= 11 is 0. The van der Waals surface area contributed by atoms with Gasteiger partial charge in [-0.05, 0) is 44.5 Å². The monoisotopic (exact) mass is 513 g/mol. The number of hydrogen-bond acceptors (Lipinski definition) is 7. The highest BCUT2D eigenvalue weighted by Crippen LogP contribution is 2.38. The molecule has 2 N–H and O–H groups in total. The number of fused-ring (bicyclic) bond motifs is 3. The van der Waals surface area contributed by atoms with Crippen LogP contribution < -0.4 is 14.2 Å². The molecule has 0 atom stereocenters. The molecule has 4 rings (SSSR count). The van der Waals surface area contributed by atoms with E-state index < -0.39 is 12.1 Å². The fraction of sp³-hybridized carbons (Fsp3) is 0.500. The number of methoxy groups -OCH3 is 2. The largest absolute Gasteiger partial charge is 0.493 e. The van der Waals surface area contributed by atoms with Crippen LogP contribution in [0.25, 0.3) is 21.8 Å². The predicted octanol–water partition coefficient (Wildman–Crippen LogP) is 4.25. The van der Waals surface area contributed by atoms with Crippen molar-refractivity contribution in [1.82, 2.24) is 14.9 Å². The van der Waals surface area contributed by atoms with E-state index in [-0.39, 0.29) is 0 Å². The van der Waals surface area contributed by atoms with Gasteiger partial charge in [0.25, 0.3) is 0 Å². The second-order valence-electron chi connectivity index (χ2n) is 8.11. The van der Waals surface area contributed by atoms with Crippen LogP contribution in [0.1, 0.15) is 19.3 Å². The normalized spacial score (nSPS) is 14.0. The number of H-pyrrole nitrogens is 1. The summed E-state index contributed by atoms with van der Waals surface area (Å²) in [6.45, 7) is 5.15. The van der Waals surface area contributed by atoms with Crippen molar-refractivity contribution in [3.63, 3.8) is 0 Å². The lowest BCUT2D eigenvalue weighted by molar-refractivity contribution is -0.192. The van der Waals surface area contributed by atoms with E-state index in [1.54, 1.807) is 20.4 Å². The first-order valence-corrected chi connectivity index (χ1v) is 11.5. The Morgan fingerprint density at radius 1 is 1.08 bits per heavy atom. The molecule has 198 valence electrons. The van der Waals surface area contributed by atoms with Crippen molar-refractivity contribution < 1.29 is 42.0 Å². The molecule has 0 unspecified atom stereocenters. The first kappa shape index (κ1) is 27.3. The van der Waals surface area contributed by atoms with Crippen molar-refractivity contribution in [2.24, 2.45) is 0 Å². The zero-order valence-corrected chi connectivity index (χ0v) is 20.2. The van der Waals surface area contributed by atoms with Crippen molar-refractivity contribution in [2.75, 3.05) is 53.7 Å². The van der Waals surface area contributed by atoms with Crippen molar-refractivity contribution >= 4 is 27.8 Å². The number of nitrogens with one attached hydrogen (secondary N) is 1. The highest BCUT2D eigenvalue weighted by Gasteiger charge is 2.38. The molecule has 0 bridgehead atoms. The molecule has 3 aromatic rings. The van der Waals surface area contributed by atoms with Gasteiger partial charge in [-0.3, -0.25) is 0 Å². The lowest BCUT2D eigenvalue weighted by Gasteiger charge is -2.15. The number of nitrogens with zero attached hydrogens (tertiary/aromatic N) is 2. The molecule has 1 saturated heterocycles. The van der Waals surface area contributed by atoms with Crippen LogP contribution in [0.4, 0.5) is 13.2 Å². The van der Waals surface area contributed by atoms with Gasteiger partial charge in [0, 0.05) is 31.3 Å². The molecule has 2 aromatic heterocycles. The van der Waals surface area contributed by atoms with Crippen LogP contribution in [0.15, 0.2) is 24.4 Å². The average molecular weight is 514 g/mol. The highest BCUT2D eigenvalue weighted by molar-refractivity contribution is 6.10. The number of alkyl halides is 3. The van der Waals surface area contributed by atoms with Crippen LogP contribution in [-0.2, 0) is 9.53 Å². The highest BCUT2D eigenvalue weighted by atomic mass is 19.4. The standard InChI is InChI=1S/C22H29N3O4.C2HF3O2/c1-26-12-13-29-22-21-16-14-19(27-2)20(15-18(16)24-17(21)6-7-23-22)28-11-5-10-25-8-3-4-9-25;3-2(4,5)1(6)7/h6-7,14-15,24H,3-5,8-13H2,1-2H3;(H,6,7). The quantitative estimate of drug-likeness (QED) is 0.388. The van der Waals surface area contributed by atoms with Gasteiger partial charge in [-0.25, -0.2) is 9.78 Å². The number of carbonyl (C=O) groups is 1. The number of aromatic amines is 1. The summed E-state index contributed by atoms with van der Waals surface area (Å²) < 4.78 is 54.3. The molecule has 1 aromatic carbocycles. The van der Waals surface area contributed by atoms with Crippen LogP contribution in [-0.4, -0.2) is 85.8 Å².